The molecule has 0 amide bonds. The van der Waals surface area contributed by atoms with E-state index in [4.69, 9.17) is 33.7 Å². The zero-order chi connectivity index (χ0) is 19.6. The largest absolute Gasteiger partial charge is 0.465 e. The summed E-state index contributed by atoms with van der Waals surface area (Å²) < 4.78 is 9.69. The molecule has 1 aromatic heterocycles. The number of halogens is 2. The summed E-state index contributed by atoms with van der Waals surface area (Å²) >= 11 is 11.7. The Hall–Kier alpha value is -2.51. The van der Waals surface area contributed by atoms with Crippen molar-refractivity contribution in [1.82, 2.24) is 4.98 Å². The van der Waals surface area contributed by atoms with Crippen LogP contribution >= 0.6 is 23.2 Å². The summed E-state index contributed by atoms with van der Waals surface area (Å²) in [7, 11) is 1.25. The maximum Gasteiger partial charge on any atom is 0.340 e. The lowest BCUT2D eigenvalue weighted by Crippen LogP contribution is -2.16. The first-order valence-electron chi connectivity index (χ1n) is 7.39. The quantitative estimate of drug-likeness (QED) is 0.453. The first kappa shape index (κ1) is 19.8. The predicted molar refractivity (Wildman–Crippen MR) is 97.1 cm³/mol. The standard InChI is InChI=1S/C17H16Cl2N2O5/c1-7-13(17(24)25-3)8(2)21-15(7)12(22)6-26-16(23)10-4-9(18)5-11(19)14(10)20/h4-5,21H,6,20H2,1-3H3. The van der Waals surface area contributed by atoms with Gasteiger partial charge >= 0.3 is 11.9 Å². The second kappa shape index (κ2) is 7.80. The molecule has 3 N–H and O–H groups in total. The minimum atomic E-state index is -0.839. The van der Waals surface area contributed by atoms with Crippen LogP contribution < -0.4 is 5.73 Å². The average molecular weight is 399 g/mol. The molecule has 0 saturated carbocycles. The zero-order valence-electron chi connectivity index (χ0n) is 14.2. The van der Waals surface area contributed by atoms with Gasteiger partial charge in [-0.15, -0.1) is 0 Å². The normalized spacial score (nSPS) is 10.5. The number of esters is 2. The smallest absolute Gasteiger partial charge is 0.340 e. The number of anilines is 1. The predicted octanol–water partition coefficient (Wildman–Crippen LogP) is 3.35. The third kappa shape index (κ3) is 3.84. The maximum absolute atomic E-state index is 12.4. The Kier molecular flexibility index (Phi) is 5.94. The molecule has 0 aliphatic carbocycles. The molecule has 138 valence electrons. The van der Waals surface area contributed by atoms with Crippen molar-refractivity contribution in [2.45, 2.75) is 13.8 Å². The molecular formula is C17H16Cl2N2O5. The van der Waals surface area contributed by atoms with E-state index in [0.29, 0.717) is 11.3 Å². The number of benzene rings is 1. The third-order valence-corrected chi connectivity index (χ3v) is 4.29. The Morgan fingerprint density at radius 2 is 1.81 bits per heavy atom. The Labute approximate surface area is 159 Å². The fourth-order valence-electron chi connectivity index (χ4n) is 2.47. The number of nitrogens with two attached hydrogens (primary N) is 1. The van der Waals surface area contributed by atoms with E-state index in [1.807, 2.05) is 0 Å². The molecule has 9 heteroatoms. The molecule has 26 heavy (non-hydrogen) atoms. The van der Waals surface area contributed by atoms with Crippen molar-refractivity contribution >= 4 is 46.6 Å². The molecule has 0 atom stereocenters. The Balaban J connectivity index is 2.17. The van der Waals surface area contributed by atoms with Gasteiger partial charge in [-0.2, -0.15) is 0 Å². The van der Waals surface area contributed by atoms with Crippen LogP contribution in [0.15, 0.2) is 12.1 Å². The molecule has 1 heterocycles. The molecule has 2 aromatic rings. The number of aromatic amines is 1. The van der Waals surface area contributed by atoms with Crippen LogP contribution in [0, 0.1) is 13.8 Å². The molecule has 0 spiro atoms. The fourth-order valence-corrected chi connectivity index (χ4v) is 2.97. The van der Waals surface area contributed by atoms with E-state index in [1.165, 1.54) is 19.2 Å². The number of ketones is 1. The van der Waals surface area contributed by atoms with Crippen molar-refractivity contribution < 1.29 is 23.9 Å². The van der Waals surface area contributed by atoms with Gasteiger partial charge < -0.3 is 20.2 Å². The number of carbonyl (C=O) groups excluding carboxylic acids is 3. The minimum Gasteiger partial charge on any atom is -0.465 e. The van der Waals surface area contributed by atoms with Crippen molar-refractivity contribution in [2.24, 2.45) is 0 Å². The van der Waals surface area contributed by atoms with Crippen LogP contribution in [0.25, 0.3) is 0 Å². The Morgan fingerprint density at radius 3 is 2.42 bits per heavy atom. The number of H-pyrrole nitrogens is 1. The second-order valence-corrected chi connectivity index (χ2v) is 6.31. The van der Waals surface area contributed by atoms with Gasteiger partial charge in [-0.3, -0.25) is 4.79 Å². The number of Topliss-reactive ketones (excluding diaryl/α,β-unsaturated/α-hetero) is 1. The number of nitrogen functional groups attached to an aromatic ring is 1. The topological polar surface area (TPSA) is 111 Å². The van der Waals surface area contributed by atoms with Crippen molar-refractivity contribution in [3.63, 3.8) is 0 Å². The second-order valence-electron chi connectivity index (χ2n) is 5.46. The van der Waals surface area contributed by atoms with Crippen LogP contribution in [0.3, 0.4) is 0 Å². The molecule has 0 unspecified atom stereocenters. The van der Waals surface area contributed by atoms with E-state index in [-0.39, 0.29) is 32.6 Å². The van der Waals surface area contributed by atoms with Crippen LogP contribution in [0.4, 0.5) is 5.69 Å². The molecular weight excluding hydrogens is 383 g/mol. The lowest BCUT2D eigenvalue weighted by molar-refractivity contribution is 0.0474. The average Bonchev–Trinajstić information content (AvgIpc) is 2.89. The molecule has 0 aliphatic rings. The SMILES string of the molecule is COC(=O)c1c(C)[nH]c(C(=O)COC(=O)c2cc(Cl)cc(Cl)c2N)c1C. The Bertz CT molecular complexity index is 905. The number of hydrogen-bond donors (Lipinski definition) is 2. The van der Waals surface area contributed by atoms with Gasteiger partial charge in [-0.05, 0) is 31.5 Å². The number of nitrogens with one attached hydrogen (secondary N) is 1. The maximum atomic E-state index is 12.4. The van der Waals surface area contributed by atoms with Crippen LogP contribution in [-0.2, 0) is 9.47 Å². The number of aryl methyl sites for hydroxylation is 1. The van der Waals surface area contributed by atoms with Crippen LogP contribution in [0.2, 0.25) is 10.0 Å². The van der Waals surface area contributed by atoms with Gasteiger partial charge in [-0.25, -0.2) is 9.59 Å². The van der Waals surface area contributed by atoms with Crippen molar-refractivity contribution in [3.05, 3.63) is 50.3 Å². The number of carbonyl (C=O) groups is 3. The van der Waals surface area contributed by atoms with E-state index in [2.05, 4.69) is 9.72 Å². The van der Waals surface area contributed by atoms with E-state index in [1.54, 1.807) is 13.8 Å². The van der Waals surface area contributed by atoms with E-state index in [9.17, 15) is 14.4 Å². The molecule has 0 fully saturated rings. The molecule has 7 nitrogen and oxygen atoms in total. The van der Waals surface area contributed by atoms with E-state index < -0.39 is 24.3 Å². The molecule has 2 rings (SSSR count). The van der Waals surface area contributed by atoms with Crippen LogP contribution in [-0.4, -0.2) is 36.4 Å². The summed E-state index contributed by atoms with van der Waals surface area (Å²) in [4.78, 5) is 39.1. The number of ether oxygens (including phenoxy) is 2. The summed E-state index contributed by atoms with van der Waals surface area (Å²) in [6.07, 6.45) is 0. The van der Waals surface area contributed by atoms with Gasteiger partial charge in [0.1, 0.15) is 0 Å². The van der Waals surface area contributed by atoms with Crippen LogP contribution in [0.5, 0.6) is 0 Å². The summed E-state index contributed by atoms with van der Waals surface area (Å²) in [5.41, 5.74) is 7.03. The van der Waals surface area contributed by atoms with Gasteiger partial charge in [0.15, 0.2) is 6.61 Å². The molecule has 0 radical (unpaired) electrons. The highest BCUT2D eigenvalue weighted by Gasteiger charge is 2.24. The summed E-state index contributed by atoms with van der Waals surface area (Å²) in [6, 6.07) is 2.69. The third-order valence-electron chi connectivity index (χ3n) is 3.75. The molecule has 0 bridgehead atoms. The number of methoxy groups -OCH3 is 1. The minimum absolute atomic E-state index is 0.00777. The summed E-state index contributed by atoms with van der Waals surface area (Å²) in [6.45, 7) is 2.68. The fraction of sp³-hybridized carbons (Fsp3) is 0.235. The van der Waals surface area contributed by atoms with Gasteiger partial charge in [0.25, 0.3) is 0 Å². The zero-order valence-corrected chi connectivity index (χ0v) is 15.7. The number of hydrogen-bond acceptors (Lipinski definition) is 6. The van der Waals surface area contributed by atoms with E-state index in [0.717, 1.165) is 0 Å². The van der Waals surface area contributed by atoms with Gasteiger partial charge in [-0.1, -0.05) is 23.2 Å². The Morgan fingerprint density at radius 1 is 1.15 bits per heavy atom. The highest BCUT2D eigenvalue weighted by atomic mass is 35.5. The van der Waals surface area contributed by atoms with Crippen molar-refractivity contribution in [2.75, 3.05) is 19.5 Å². The summed E-state index contributed by atoms with van der Waals surface area (Å²) in [5, 5.41) is 0.315. The lowest BCUT2D eigenvalue weighted by atomic mass is 10.1. The first-order valence-corrected chi connectivity index (χ1v) is 8.15. The first-order chi connectivity index (χ1) is 12.2. The van der Waals surface area contributed by atoms with Gasteiger partial charge in [0, 0.05) is 10.7 Å². The highest BCUT2D eigenvalue weighted by Crippen LogP contribution is 2.28. The van der Waals surface area contributed by atoms with Gasteiger partial charge in [0.05, 0.1) is 34.6 Å². The van der Waals surface area contributed by atoms with Crippen molar-refractivity contribution in [1.29, 1.82) is 0 Å². The monoisotopic (exact) mass is 398 g/mol. The van der Waals surface area contributed by atoms with Crippen molar-refractivity contribution in [3.8, 4) is 0 Å². The van der Waals surface area contributed by atoms with E-state index >= 15 is 0 Å². The number of rotatable bonds is 5. The van der Waals surface area contributed by atoms with Gasteiger partial charge in [0.2, 0.25) is 5.78 Å². The molecule has 1 aromatic carbocycles. The van der Waals surface area contributed by atoms with Crippen LogP contribution in [0.1, 0.15) is 42.5 Å². The number of aromatic nitrogens is 1. The lowest BCUT2D eigenvalue weighted by Gasteiger charge is -2.08. The molecule has 0 aliphatic heterocycles. The molecule has 0 saturated heterocycles. The summed E-state index contributed by atoms with van der Waals surface area (Å²) in [5.74, 6) is -1.91. The highest BCUT2D eigenvalue weighted by molar-refractivity contribution is 6.37.